The van der Waals surface area contributed by atoms with Crippen LogP contribution in [0.3, 0.4) is 0 Å². The van der Waals surface area contributed by atoms with E-state index in [1.165, 1.54) is 5.57 Å². The van der Waals surface area contributed by atoms with Gasteiger partial charge >= 0.3 is 5.97 Å². The molecular weight excluding hydrogens is 576 g/mol. The van der Waals surface area contributed by atoms with Gasteiger partial charge in [0.25, 0.3) is 0 Å². The van der Waals surface area contributed by atoms with Crippen LogP contribution < -0.4 is 0 Å². The first-order chi connectivity index (χ1) is 20.9. The first kappa shape index (κ1) is 33.6. The number of fused-ring (bicyclic) bond motifs is 7. The van der Waals surface area contributed by atoms with Crippen LogP contribution in [-0.2, 0) is 14.3 Å². The van der Waals surface area contributed by atoms with E-state index in [-0.39, 0.29) is 39.4 Å². The minimum Gasteiger partial charge on any atom is -0.432 e. The Kier molecular flexibility index (Phi) is 8.29. The molecule has 0 aromatic heterocycles. The quantitative estimate of drug-likeness (QED) is 0.203. The highest BCUT2D eigenvalue weighted by molar-refractivity contribution is 5.74. The van der Waals surface area contributed by atoms with Crippen LogP contribution in [0.1, 0.15) is 86.5 Å². The molecule has 16 unspecified atom stereocenters. The topological polar surface area (TPSA) is 157 Å². The van der Waals surface area contributed by atoms with E-state index in [2.05, 4.69) is 54.2 Å². The third kappa shape index (κ3) is 4.61. The van der Waals surface area contributed by atoms with Crippen molar-refractivity contribution in [2.45, 2.75) is 129 Å². The predicted molar refractivity (Wildman–Crippen MR) is 166 cm³/mol. The molecule has 9 nitrogen and oxygen atoms in total. The molecular formula is C36H56O9. The summed E-state index contributed by atoms with van der Waals surface area (Å²) in [5.41, 5.74) is 1.87. The Balaban J connectivity index is 1.30. The van der Waals surface area contributed by atoms with Crippen molar-refractivity contribution in [2.24, 2.45) is 57.2 Å². The summed E-state index contributed by atoms with van der Waals surface area (Å²) in [6.45, 7) is 17.6. The number of hydrogen-bond donors (Lipinski definition) is 6. The number of aliphatic hydroxyl groups is 6. The molecule has 6 N–H and O–H groups in total. The Labute approximate surface area is 267 Å². The zero-order valence-electron chi connectivity index (χ0n) is 27.9. The lowest BCUT2D eigenvalue weighted by atomic mass is 9.34. The molecule has 16 atom stereocenters. The first-order valence-corrected chi connectivity index (χ1v) is 17.2. The molecule has 254 valence electrons. The van der Waals surface area contributed by atoms with E-state index in [1.54, 1.807) is 0 Å². The summed E-state index contributed by atoms with van der Waals surface area (Å²) in [6.07, 6.45) is -0.617. The largest absolute Gasteiger partial charge is 0.432 e. The zero-order valence-corrected chi connectivity index (χ0v) is 27.9. The van der Waals surface area contributed by atoms with Gasteiger partial charge in [-0.1, -0.05) is 65.3 Å². The Bertz CT molecular complexity index is 1230. The van der Waals surface area contributed by atoms with E-state index in [1.807, 2.05) is 0 Å². The number of carbonyl (C=O) groups is 1. The highest BCUT2D eigenvalue weighted by Crippen LogP contribution is 2.74. The Morgan fingerprint density at radius 3 is 2.36 bits per heavy atom. The highest BCUT2D eigenvalue weighted by Gasteiger charge is 2.68. The van der Waals surface area contributed by atoms with Crippen LogP contribution in [0.15, 0.2) is 23.8 Å². The number of hydrogen-bond acceptors (Lipinski definition) is 9. The summed E-state index contributed by atoms with van der Waals surface area (Å²) in [7, 11) is 0. The van der Waals surface area contributed by atoms with E-state index < -0.39 is 61.4 Å². The van der Waals surface area contributed by atoms with Gasteiger partial charge in [-0.25, -0.2) is 0 Å². The Hall–Kier alpha value is -1.33. The molecule has 9 heteroatoms. The lowest BCUT2D eigenvalue weighted by Crippen LogP contribution is -2.66. The fraction of sp³-hybridized carbons (Fsp3) is 0.861. The molecule has 1 heterocycles. The number of carbonyl (C=O) groups excluding carboxylic acids is 1. The predicted octanol–water partition coefficient (Wildman–Crippen LogP) is 3.09. The van der Waals surface area contributed by atoms with Crippen molar-refractivity contribution < 1.29 is 44.9 Å². The summed E-state index contributed by atoms with van der Waals surface area (Å²) >= 11 is 0. The summed E-state index contributed by atoms with van der Waals surface area (Å²) in [6, 6.07) is 0. The molecule has 45 heavy (non-hydrogen) atoms. The summed E-state index contributed by atoms with van der Waals surface area (Å²) < 4.78 is 11.2. The monoisotopic (exact) mass is 632 g/mol. The maximum Gasteiger partial charge on any atom is 0.311 e. The molecule has 1 aliphatic heterocycles. The highest BCUT2D eigenvalue weighted by atomic mass is 16.7. The van der Waals surface area contributed by atoms with E-state index in [0.29, 0.717) is 24.7 Å². The summed E-state index contributed by atoms with van der Waals surface area (Å²) in [5, 5.41) is 62.7. The lowest BCUT2D eigenvalue weighted by Gasteiger charge is -2.71. The second-order valence-electron chi connectivity index (χ2n) is 17.0. The van der Waals surface area contributed by atoms with Gasteiger partial charge in [0.2, 0.25) is 6.29 Å². The molecule has 4 saturated carbocycles. The van der Waals surface area contributed by atoms with Gasteiger partial charge in [0.1, 0.15) is 24.4 Å². The van der Waals surface area contributed by atoms with Gasteiger partial charge in [0.05, 0.1) is 24.7 Å². The molecule has 0 spiro atoms. The summed E-state index contributed by atoms with van der Waals surface area (Å²) in [5.74, 6) is -0.247. The maximum atomic E-state index is 13.8. The molecule has 1 saturated heterocycles. The second-order valence-corrected chi connectivity index (χ2v) is 17.0. The number of allylic oxidation sites excluding steroid dienone is 3. The van der Waals surface area contributed by atoms with E-state index in [4.69, 9.17) is 9.47 Å². The number of aliphatic hydroxyl groups excluding tert-OH is 6. The van der Waals surface area contributed by atoms with Crippen molar-refractivity contribution in [1.29, 1.82) is 0 Å². The molecule has 6 aliphatic rings. The van der Waals surface area contributed by atoms with Crippen molar-refractivity contribution in [3.63, 3.8) is 0 Å². The van der Waals surface area contributed by atoms with Gasteiger partial charge in [-0.15, -0.1) is 0 Å². The van der Waals surface area contributed by atoms with Crippen molar-refractivity contribution >= 4 is 5.97 Å². The van der Waals surface area contributed by atoms with Gasteiger partial charge in [-0.3, -0.25) is 4.79 Å². The molecule has 5 fully saturated rings. The van der Waals surface area contributed by atoms with Gasteiger partial charge < -0.3 is 40.1 Å². The second kappa shape index (κ2) is 11.1. The van der Waals surface area contributed by atoms with Crippen molar-refractivity contribution in [2.75, 3.05) is 6.61 Å². The van der Waals surface area contributed by atoms with Crippen LogP contribution in [-0.4, -0.2) is 86.1 Å². The van der Waals surface area contributed by atoms with Crippen molar-refractivity contribution in [3.05, 3.63) is 23.8 Å². The maximum absolute atomic E-state index is 13.8. The number of esters is 1. The summed E-state index contributed by atoms with van der Waals surface area (Å²) in [4.78, 5) is 13.8. The smallest absolute Gasteiger partial charge is 0.311 e. The first-order valence-electron chi connectivity index (χ1n) is 17.2. The van der Waals surface area contributed by atoms with Crippen LogP contribution in [0.25, 0.3) is 0 Å². The molecule has 0 radical (unpaired) electrons. The SMILES string of the molecule is C=C1C(C)CC(C(=O)OC2OC(CO)C(O)C(O)C2O)C2CCC3(C)C(=CCC4C5(C)CC(O)C(O)C(C)(C)C5CCC43C)C12. The van der Waals surface area contributed by atoms with Crippen molar-refractivity contribution in [3.8, 4) is 0 Å². The molecule has 0 aromatic carbocycles. The fourth-order valence-corrected chi connectivity index (χ4v) is 12.0. The van der Waals surface area contributed by atoms with E-state index in [0.717, 1.165) is 37.7 Å². The minimum absolute atomic E-state index is 0.0124. The number of ether oxygens (including phenoxy) is 2. The Morgan fingerprint density at radius 1 is 1.00 bits per heavy atom. The normalized spacial score (nSPS) is 54.1. The van der Waals surface area contributed by atoms with Crippen LogP contribution in [0, 0.1) is 57.2 Å². The zero-order chi connectivity index (χ0) is 33.0. The van der Waals surface area contributed by atoms with Crippen LogP contribution in [0.5, 0.6) is 0 Å². The lowest BCUT2D eigenvalue weighted by molar-refractivity contribution is -0.294. The van der Waals surface area contributed by atoms with Gasteiger partial charge in [-0.2, -0.15) is 0 Å². The molecule has 0 aromatic rings. The standard InChI is InChI=1S/C36H56O9/c1-17-14-20(31(43)45-32-29(41)28(40)27(39)23(16-37)44-32)19-10-12-35(6)21(26(19)18(17)2)8-9-25-34(5)15-22(38)30(42)33(3,4)24(34)11-13-36(25,35)7/h8,17,19-20,22-30,32,37-42H,2,9-16H2,1,3-7H3. The third-order valence-electron chi connectivity index (χ3n) is 14.7. The fourth-order valence-electron chi connectivity index (χ4n) is 12.0. The van der Waals surface area contributed by atoms with Crippen LogP contribution in [0.2, 0.25) is 0 Å². The minimum atomic E-state index is -1.63. The van der Waals surface area contributed by atoms with E-state index in [9.17, 15) is 35.4 Å². The molecule has 6 rings (SSSR count). The van der Waals surface area contributed by atoms with Gasteiger partial charge in [0, 0.05) is 5.92 Å². The van der Waals surface area contributed by atoms with Crippen molar-refractivity contribution in [1.82, 2.24) is 0 Å². The number of rotatable bonds is 3. The van der Waals surface area contributed by atoms with E-state index >= 15 is 0 Å². The average Bonchev–Trinajstić information content (AvgIpc) is 2.98. The van der Waals surface area contributed by atoms with Gasteiger partial charge in [-0.05, 0) is 90.3 Å². The van der Waals surface area contributed by atoms with Crippen LogP contribution >= 0.6 is 0 Å². The van der Waals surface area contributed by atoms with Gasteiger partial charge in [0.15, 0.2) is 0 Å². The Morgan fingerprint density at radius 2 is 1.69 bits per heavy atom. The average molecular weight is 633 g/mol. The van der Waals surface area contributed by atoms with Crippen LogP contribution in [0.4, 0.5) is 0 Å². The molecule has 0 bridgehead atoms. The third-order valence-corrected chi connectivity index (χ3v) is 14.7. The molecule has 0 amide bonds. The molecule has 5 aliphatic carbocycles.